The topological polar surface area (TPSA) is 93.8 Å². The smallest absolute Gasteiger partial charge is 0.427 e. The average Bonchev–Trinajstić information content (AvgIpc) is 2.30. The first-order valence-corrected chi connectivity index (χ1v) is 4.84. The van der Waals surface area contributed by atoms with Gasteiger partial charge in [0.25, 0.3) is 5.69 Å². The summed E-state index contributed by atoms with van der Waals surface area (Å²) in [6.07, 6.45) is 0.483. The zero-order valence-electron chi connectivity index (χ0n) is 9.12. The van der Waals surface area contributed by atoms with E-state index in [0.717, 1.165) is 0 Å². The summed E-state index contributed by atoms with van der Waals surface area (Å²) >= 11 is 0. The Morgan fingerprint density at radius 3 is 2.94 bits per heavy atom. The highest BCUT2D eigenvalue weighted by molar-refractivity contribution is 5.85. The number of nitro groups is 1. The molecule has 0 radical (unpaired) electrons. The van der Waals surface area contributed by atoms with Crippen molar-refractivity contribution >= 4 is 18.0 Å². The first kappa shape index (κ1) is 12.6. The highest BCUT2D eigenvalue weighted by Crippen LogP contribution is 2.14. The maximum Gasteiger partial charge on any atom is 0.427 e. The highest BCUT2D eigenvalue weighted by Gasteiger charge is 2.09. The van der Waals surface area contributed by atoms with Gasteiger partial charge in [-0.15, -0.1) is 0 Å². The molecule has 0 saturated heterocycles. The number of nitrogens with one attached hydrogen (secondary N) is 1. The molecule has 0 aliphatic rings. The second kappa shape index (κ2) is 6.21. The molecule has 0 aliphatic heterocycles. The Labute approximate surface area is 97.2 Å². The van der Waals surface area contributed by atoms with Crippen LogP contribution in [-0.4, -0.2) is 23.8 Å². The first-order chi connectivity index (χ1) is 8.15. The predicted molar refractivity (Wildman–Crippen MR) is 60.8 cm³/mol. The van der Waals surface area contributed by atoms with Gasteiger partial charge < -0.3 is 4.74 Å². The van der Waals surface area contributed by atoms with Crippen molar-refractivity contribution in [2.45, 2.75) is 6.92 Å². The minimum absolute atomic E-state index is 0.0816. The van der Waals surface area contributed by atoms with Crippen molar-refractivity contribution in [2.24, 2.45) is 5.10 Å². The van der Waals surface area contributed by atoms with Crippen LogP contribution < -0.4 is 5.43 Å². The Balaban J connectivity index is 2.71. The SMILES string of the molecule is CCOC(=O)NN=Cc1ccccc1[N+](=O)[O-]. The maximum absolute atomic E-state index is 10.9. The van der Waals surface area contributed by atoms with Crippen LogP contribution in [0, 0.1) is 10.1 Å². The molecule has 90 valence electrons. The number of amides is 1. The summed E-state index contributed by atoms with van der Waals surface area (Å²) in [6, 6.07) is 6.06. The van der Waals surface area contributed by atoms with Crippen molar-refractivity contribution in [1.82, 2.24) is 5.43 Å². The molecule has 1 aromatic carbocycles. The fourth-order valence-electron chi connectivity index (χ4n) is 1.08. The second-order valence-corrected chi connectivity index (χ2v) is 2.91. The van der Waals surface area contributed by atoms with Crippen molar-refractivity contribution in [3.8, 4) is 0 Å². The van der Waals surface area contributed by atoms with E-state index in [-0.39, 0.29) is 12.3 Å². The Kier molecular flexibility index (Phi) is 4.61. The molecule has 0 heterocycles. The average molecular weight is 237 g/mol. The van der Waals surface area contributed by atoms with Gasteiger partial charge in [-0.05, 0) is 13.0 Å². The molecular weight excluding hydrogens is 226 g/mol. The van der Waals surface area contributed by atoms with Gasteiger partial charge in [-0.3, -0.25) is 10.1 Å². The van der Waals surface area contributed by atoms with Crippen LogP contribution in [0.2, 0.25) is 0 Å². The van der Waals surface area contributed by atoms with Crippen molar-refractivity contribution in [1.29, 1.82) is 0 Å². The fourth-order valence-corrected chi connectivity index (χ4v) is 1.08. The molecule has 1 aromatic rings. The number of rotatable bonds is 4. The zero-order chi connectivity index (χ0) is 12.7. The molecule has 0 aliphatic carbocycles. The van der Waals surface area contributed by atoms with Gasteiger partial charge in [0.2, 0.25) is 0 Å². The lowest BCUT2D eigenvalue weighted by Crippen LogP contribution is -2.18. The Morgan fingerprint density at radius 1 is 1.59 bits per heavy atom. The number of hydrogen-bond acceptors (Lipinski definition) is 5. The summed E-state index contributed by atoms with van der Waals surface area (Å²) in [5, 5.41) is 14.2. The van der Waals surface area contributed by atoms with Crippen LogP contribution >= 0.6 is 0 Å². The molecule has 17 heavy (non-hydrogen) atoms. The molecule has 0 atom stereocenters. The van der Waals surface area contributed by atoms with Crippen LogP contribution in [0.3, 0.4) is 0 Å². The molecule has 0 unspecified atom stereocenters. The van der Waals surface area contributed by atoms with Gasteiger partial charge in [0, 0.05) is 6.07 Å². The number of ether oxygens (including phenoxy) is 1. The van der Waals surface area contributed by atoms with Crippen LogP contribution in [-0.2, 0) is 4.74 Å². The number of hydrogen-bond donors (Lipinski definition) is 1. The minimum atomic E-state index is -0.706. The van der Waals surface area contributed by atoms with E-state index in [4.69, 9.17) is 0 Å². The molecule has 1 amide bonds. The molecule has 1 N–H and O–H groups in total. The lowest BCUT2D eigenvalue weighted by molar-refractivity contribution is -0.385. The molecule has 0 spiro atoms. The zero-order valence-corrected chi connectivity index (χ0v) is 9.12. The third-order valence-electron chi connectivity index (χ3n) is 1.77. The Hall–Kier alpha value is -2.44. The van der Waals surface area contributed by atoms with E-state index in [1.54, 1.807) is 19.1 Å². The van der Waals surface area contributed by atoms with Crippen molar-refractivity contribution in [3.05, 3.63) is 39.9 Å². The lowest BCUT2D eigenvalue weighted by Gasteiger charge is -1.99. The predicted octanol–water partition coefficient (Wildman–Crippen LogP) is 1.67. The van der Waals surface area contributed by atoms with Gasteiger partial charge in [0.15, 0.2) is 0 Å². The minimum Gasteiger partial charge on any atom is -0.449 e. The van der Waals surface area contributed by atoms with E-state index in [1.807, 2.05) is 0 Å². The Bertz CT molecular complexity index is 445. The van der Waals surface area contributed by atoms with Gasteiger partial charge in [0.05, 0.1) is 23.3 Å². The molecule has 0 aromatic heterocycles. The summed E-state index contributed by atoms with van der Waals surface area (Å²) in [7, 11) is 0. The monoisotopic (exact) mass is 237 g/mol. The lowest BCUT2D eigenvalue weighted by atomic mass is 10.2. The number of nitrogens with zero attached hydrogens (tertiary/aromatic N) is 2. The molecule has 7 heteroatoms. The van der Waals surface area contributed by atoms with Crippen molar-refractivity contribution in [2.75, 3.05) is 6.61 Å². The molecule has 0 bridgehead atoms. The number of hydrazone groups is 1. The van der Waals surface area contributed by atoms with Crippen LogP contribution in [0.1, 0.15) is 12.5 Å². The van der Waals surface area contributed by atoms with Gasteiger partial charge in [0.1, 0.15) is 0 Å². The summed E-state index contributed by atoms with van der Waals surface area (Å²) in [4.78, 5) is 21.0. The van der Waals surface area contributed by atoms with Gasteiger partial charge >= 0.3 is 6.09 Å². The quantitative estimate of drug-likeness (QED) is 0.489. The van der Waals surface area contributed by atoms with E-state index >= 15 is 0 Å². The van der Waals surface area contributed by atoms with Crippen LogP contribution in [0.4, 0.5) is 10.5 Å². The second-order valence-electron chi connectivity index (χ2n) is 2.91. The normalized spacial score (nSPS) is 10.2. The Morgan fingerprint density at radius 2 is 2.29 bits per heavy atom. The molecule has 1 rings (SSSR count). The first-order valence-electron chi connectivity index (χ1n) is 4.84. The third-order valence-corrected chi connectivity index (χ3v) is 1.77. The van der Waals surface area contributed by atoms with Crippen LogP contribution in [0.5, 0.6) is 0 Å². The number of benzene rings is 1. The number of para-hydroxylation sites is 1. The summed E-state index contributed by atoms with van der Waals surface area (Å²) in [6.45, 7) is 1.89. The van der Waals surface area contributed by atoms with Gasteiger partial charge in [-0.2, -0.15) is 5.10 Å². The van der Waals surface area contributed by atoms with Crippen LogP contribution in [0.15, 0.2) is 29.4 Å². The molecular formula is C10H11N3O4. The van der Waals surface area contributed by atoms with Gasteiger partial charge in [-0.25, -0.2) is 10.2 Å². The number of carbonyl (C=O) groups is 1. The van der Waals surface area contributed by atoms with Crippen molar-refractivity contribution in [3.63, 3.8) is 0 Å². The fraction of sp³-hybridized carbons (Fsp3) is 0.200. The van der Waals surface area contributed by atoms with E-state index in [1.165, 1.54) is 18.3 Å². The molecule has 0 saturated carbocycles. The summed E-state index contributed by atoms with van der Waals surface area (Å²) in [5.41, 5.74) is 2.30. The highest BCUT2D eigenvalue weighted by atomic mass is 16.6. The van der Waals surface area contributed by atoms with Crippen molar-refractivity contribution < 1.29 is 14.5 Å². The largest absolute Gasteiger partial charge is 0.449 e. The van der Waals surface area contributed by atoms with Crippen LogP contribution in [0.25, 0.3) is 0 Å². The van der Waals surface area contributed by atoms with E-state index in [9.17, 15) is 14.9 Å². The number of carbonyl (C=O) groups excluding carboxylic acids is 1. The number of nitro benzene ring substituents is 1. The van der Waals surface area contributed by atoms with E-state index < -0.39 is 11.0 Å². The maximum atomic E-state index is 10.9. The summed E-state index contributed by atoms with van der Waals surface area (Å²) < 4.78 is 4.56. The van der Waals surface area contributed by atoms with E-state index in [2.05, 4.69) is 15.3 Å². The van der Waals surface area contributed by atoms with Gasteiger partial charge in [-0.1, -0.05) is 12.1 Å². The molecule has 7 nitrogen and oxygen atoms in total. The third kappa shape index (κ3) is 3.90. The molecule has 0 fully saturated rings. The summed E-state index contributed by atoms with van der Waals surface area (Å²) in [5.74, 6) is 0. The van der Waals surface area contributed by atoms with E-state index in [0.29, 0.717) is 5.56 Å². The standard InChI is InChI=1S/C10H11N3O4/c1-2-17-10(14)12-11-7-8-5-3-4-6-9(8)13(15)16/h3-7H,2H2,1H3,(H,12,14).